The van der Waals surface area contributed by atoms with Crippen LogP contribution in [0.2, 0.25) is 0 Å². The number of aryl methyl sites for hydroxylation is 1. The molecule has 0 radical (unpaired) electrons. The van der Waals surface area contributed by atoms with Gasteiger partial charge in [0.05, 0.1) is 12.2 Å². The first-order valence-electron chi connectivity index (χ1n) is 9.15. The summed E-state index contributed by atoms with van der Waals surface area (Å²) in [5, 5.41) is 1.47. The van der Waals surface area contributed by atoms with E-state index in [1.165, 1.54) is 49.7 Å². The van der Waals surface area contributed by atoms with E-state index < -0.39 is 0 Å². The second-order valence-corrected chi connectivity index (χ2v) is 7.80. The van der Waals surface area contributed by atoms with E-state index in [4.69, 9.17) is 4.74 Å². The topological polar surface area (TPSA) is 20.7 Å². The van der Waals surface area contributed by atoms with Crippen LogP contribution in [0.15, 0.2) is 24.3 Å². The third-order valence-corrected chi connectivity index (χ3v) is 6.75. The molecule has 0 amide bonds. The Balaban J connectivity index is 1.61. The number of epoxide rings is 1. The van der Waals surface area contributed by atoms with Crippen LogP contribution >= 0.6 is 0 Å². The van der Waals surface area contributed by atoms with Crippen LogP contribution in [-0.2, 0) is 24.6 Å². The first kappa shape index (κ1) is 14.1. The Hall–Kier alpha value is -1.32. The lowest BCUT2D eigenvalue weighted by molar-refractivity contribution is 0.0954. The fourth-order valence-corrected chi connectivity index (χ4v) is 5.32. The van der Waals surface area contributed by atoms with Crippen molar-refractivity contribution in [3.8, 4) is 0 Å². The molecule has 3 aliphatic rings. The van der Waals surface area contributed by atoms with Crippen molar-refractivity contribution in [2.45, 2.75) is 44.8 Å². The standard InChI is InChI=1S/C20H26N2O/c1-3-20-10-8-17-15(14-6-4-5-7-16(14)21(17)2)9-11-22(13-20)12-18-19(20)23-18/h4-7,18-19H,3,8-13H2,1-2H3. The molecule has 4 unspecified atom stereocenters. The van der Waals surface area contributed by atoms with Crippen molar-refractivity contribution in [3.05, 3.63) is 35.5 Å². The fourth-order valence-electron chi connectivity index (χ4n) is 5.32. The predicted molar refractivity (Wildman–Crippen MR) is 92.8 cm³/mol. The van der Waals surface area contributed by atoms with Crippen LogP contribution in [0.3, 0.4) is 0 Å². The molecule has 2 bridgehead atoms. The number of piperidine rings is 1. The van der Waals surface area contributed by atoms with E-state index in [0.717, 1.165) is 6.54 Å². The monoisotopic (exact) mass is 310 g/mol. The quantitative estimate of drug-likeness (QED) is 0.754. The molecule has 0 spiro atoms. The highest BCUT2D eigenvalue weighted by Crippen LogP contribution is 2.49. The summed E-state index contributed by atoms with van der Waals surface area (Å²) in [6, 6.07) is 8.93. The number of nitrogens with zero attached hydrogens (tertiary/aromatic N) is 2. The molecule has 3 heteroatoms. The highest BCUT2D eigenvalue weighted by molar-refractivity contribution is 5.85. The minimum atomic E-state index is 0.376. The molecule has 4 atom stereocenters. The molecule has 1 aromatic heterocycles. The Morgan fingerprint density at radius 1 is 1.26 bits per heavy atom. The van der Waals surface area contributed by atoms with Crippen molar-refractivity contribution >= 4 is 10.9 Å². The average molecular weight is 310 g/mol. The number of aromatic nitrogens is 1. The highest BCUT2D eigenvalue weighted by Gasteiger charge is 2.57. The number of fused-ring (bicyclic) bond motifs is 7. The second kappa shape index (κ2) is 4.84. The van der Waals surface area contributed by atoms with E-state index in [0.29, 0.717) is 17.6 Å². The number of rotatable bonds is 1. The molecule has 0 saturated carbocycles. The van der Waals surface area contributed by atoms with E-state index in [1.54, 1.807) is 11.3 Å². The Bertz CT molecular complexity index is 764. The van der Waals surface area contributed by atoms with Crippen LogP contribution in [-0.4, -0.2) is 41.3 Å². The maximum absolute atomic E-state index is 6.07. The number of ether oxygens (including phenoxy) is 1. The van der Waals surface area contributed by atoms with Gasteiger partial charge in [0.2, 0.25) is 0 Å². The van der Waals surface area contributed by atoms with Gasteiger partial charge in [0.25, 0.3) is 0 Å². The lowest BCUT2D eigenvalue weighted by Gasteiger charge is -2.39. The van der Waals surface area contributed by atoms with Gasteiger partial charge in [0.15, 0.2) is 0 Å². The van der Waals surface area contributed by atoms with Gasteiger partial charge in [0.1, 0.15) is 0 Å². The molecular formula is C20H26N2O. The van der Waals surface area contributed by atoms with Crippen molar-refractivity contribution in [1.82, 2.24) is 9.47 Å². The summed E-state index contributed by atoms with van der Waals surface area (Å²) < 4.78 is 8.51. The molecule has 3 aliphatic heterocycles. The van der Waals surface area contributed by atoms with E-state index in [2.05, 4.69) is 47.7 Å². The van der Waals surface area contributed by atoms with Gasteiger partial charge in [-0.3, -0.25) is 4.90 Å². The lowest BCUT2D eigenvalue weighted by atomic mass is 9.73. The summed E-state index contributed by atoms with van der Waals surface area (Å²) in [5.41, 5.74) is 4.92. The molecule has 1 aromatic carbocycles. The van der Waals surface area contributed by atoms with Gasteiger partial charge in [-0.15, -0.1) is 0 Å². The van der Waals surface area contributed by atoms with E-state index >= 15 is 0 Å². The summed E-state index contributed by atoms with van der Waals surface area (Å²) in [6.45, 7) is 5.92. The van der Waals surface area contributed by atoms with Gasteiger partial charge in [-0.2, -0.15) is 0 Å². The van der Waals surface area contributed by atoms with Gasteiger partial charge in [-0.1, -0.05) is 25.1 Å². The zero-order chi connectivity index (χ0) is 15.6. The summed E-state index contributed by atoms with van der Waals surface area (Å²) in [7, 11) is 2.25. The number of hydrogen-bond acceptors (Lipinski definition) is 2. The minimum Gasteiger partial charge on any atom is -0.368 e. The van der Waals surface area contributed by atoms with Crippen molar-refractivity contribution in [2.24, 2.45) is 12.5 Å². The molecule has 4 heterocycles. The molecule has 2 saturated heterocycles. The van der Waals surface area contributed by atoms with Gasteiger partial charge in [0, 0.05) is 48.7 Å². The molecule has 23 heavy (non-hydrogen) atoms. The maximum Gasteiger partial charge on any atom is 0.0974 e. The van der Waals surface area contributed by atoms with Crippen LogP contribution in [0.5, 0.6) is 0 Å². The summed E-state index contributed by atoms with van der Waals surface area (Å²) in [6.07, 6.45) is 5.91. The van der Waals surface area contributed by atoms with E-state index in [1.807, 2.05) is 0 Å². The van der Waals surface area contributed by atoms with Crippen molar-refractivity contribution in [2.75, 3.05) is 19.6 Å². The van der Waals surface area contributed by atoms with Gasteiger partial charge in [-0.05, 0) is 37.3 Å². The largest absolute Gasteiger partial charge is 0.368 e. The van der Waals surface area contributed by atoms with E-state index in [-0.39, 0.29) is 0 Å². The summed E-state index contributed by atoms with van der Waals surface area (Å²) in [5.74, 6) is 0. The molecule has 0 N–H and O–H groups in total. The zero-order valence-corrected chi connectivity index (χ0v) is 14.2. The molecule has 0 aliphatic carbocycles. The Kier molecular flexibility index (Phi) is 2.96. The van der Waals surface area contributed by atoms with Crippen molar-refractivity contribution in [3.63, 3.8) is 0 Å². The average Bonchev–Trinajstić information content (AvgIpc) is 3.30. The van der Waals surface area contributed by atoms with E-state index in [9.17, 15) is 0 Å². The fraction of sp³-hybridized carbons (Fsp3) is 0.600. The third-order valence-electron chi connectivity index (χ3n) is 6.75. The molecular weight excluding hydrogens is 284 g/mol. The van der Waals surface area contributed by atoms with Crippen molar-refractivity contribution in [1.29, 1.82) is 0 Å². The number of para-hydroxylation sites is 1. The van der Waals surface area contributed by atoms with Crippen LogP contribution in [0.4, 0.5) is 0 Å². The van der Waals surface area contributed by atoms with Crippen LogP contribution < -0.4 is 0 Å². The van der Waals surface area contributed by atoms with Gasteiger partial charge in [-0.25, -0.2) is 0 Å². The lowest BCUT2D eigenvalue weighted by Crippen LogP contribution is -2.48. The van der Waals surface area contributed by atoms with Crippen LogP contribution in [0.1, 0.15) is 31.0 Å². The normalized spacial score (nSPS) is 35.8. The molecule has 2 aromatic rings. The molecule has 3 nitrogen and oxygen atoms in total. The Morgan fingerprint density at radius 2 is 2.13 bits per heavy atom. The number of hydrogen-bond donors (Lipinski definition) is 0. The third kappa shape index (κ3) is 1.96. The Labute approximate surface area is 138 Å². The van der Waals surface area contributed by atoms with Gasteiger partial charge >= 0.3 is 0 Å². The molecule has 122 valence electrons. The van der Waals surface area contributed by atoms with Gasteiger partial charge < -0.3 is 9.30 Å². The van der Waals surface area contributed by atoms with Crippen LogP contribution in [0, 0.1) is 5.41 Å². The smallest absolute Gasteiger partial charge is 0.0974 e. The number of benzene rings is 1. The SMILES string of the molecule is CCC12CCc3c(c4ccccc4n3C)CCN(CC3OC31)C2. The summed E-state index contributed by atoms with van der Waals surface area (Å²) in [4.78, 5) is 2.68. The second-order valence-electron chi connectivity index (χ2n) is 7.80. The minimum absolute atomic E-state index is 0.376. The maximum atomic E-state index is 6.07. The first-order chi connectivity index (χ1) is 11.2. The zero-order valence-electron chi connectivity index (χ0n) is 14.2. The summed E-state index contributed by atoms with van der Waals surface area (Å²) >= 11 is 0. The Morgan fingerprint density at radius 3 is 3.00 bits per heavy atom. The van der Waals surface area contributed by atoms with Crippen molar-refractivity contribution < 1.29 is 4.74 Å². The first-order valence-corrected chi connectivity index (χ1v) is 9.15. The van der Waals surface area contributed by atoms with Crippen LogP contribution in [0.25, 0.3) is 10.9 Å². The highest BCUT2D eigenvalue weighted by atomic mass is 16.6. The molecule has 5 rings (SSSR count). The molecule has 2 fully saturated rings. The predicted octanol–water partition coefficient (Wildman–Crippen LogP) is 3.15.